The van der Waals surface area contributed by atoms with Gasteiger partial charge in [-0.05, 0) is 76.3 Å². The largest absolute Gasteiger partial charge is 0.391 e. The van der Waals surface area contributed by atoms with E-state index in [0.29, 0.717) is 26.7 Å². The number of oxime groups is 1. The first-order valence-corrected chi connectivity index (χ1v) is 16.7. The van der Waals surface area contributed by atoms with Gasteiger partial charge in [-0.2, -0.15) is 0 Å². The predicted octanol–water partition coefficient (Wildman–Crippen LogP) is 10.6. The van der Waals surface area contributed by atoms with Crippen LogP contribution in [0.25, 0.3) is 0 Å². The zero-order valence-electron chi connectivity index (χ0n) is 24.7. The van der Waals surface area contributed by atoms with Crippen molar-refractivity contribution in [2.45, 2.75) is 30.8 Å². The molecule has 0 aliphatic carbocycles. The van der Waals surface area contributed by atoms with Gasteiger partial charge in [0.15, 0.2) is 0 Å². The second kappa shape index (κ2) is 13.8. The van der Waals surface area contributed by atoms with Crippen LogP contribution in [0.3, 0.4) is 0 Å². The van der Waals surface area contributed by atoms with Crippen LogP contribution < -0.4 is 10.6 Å². The second-order valence-corrected chi connectivity index (χ2v) is 13.5. The van der Waals surface area contributed by atoms with Crippen LogP contribution in [0.15, 0.2) is 133 Å². The molecule has 7 rings (SSSR count). The molecule has 0 saturated carbocycles. The Morgan fingerprint density at radius 3 is 1.11 bits per heavy atom. The van der Waals surface area contributed by atoms with Gasteiger partial charge in [0.05, 0.1) is 5.71 Å². The van der Waals surface area contributed by atoms with Gasteiger partial charge in [-0.25, -0.2) is 0 Å². The number of fused-ring (bicyclic) bond motifs is 2. The van der Waals surface area contributed by atoms with Crippen molar-refractivity contribution < 1.29 is 4.84 Å². The van der Waals surface area contributed by atoms with E-state index in [1.807, 2.05) is 78.9 Å². The van der Waals surface area contributed by atoms with Crippen molar-refractivity contribution in [3.05, 3.63) is 175 Å². The van der Waals surface area contributed by atoms with E-state index in [2.05, 4.69) is 59.2 Å². The van der Waals surface area contributed by atoms with Gasteiger partial charge in [-0.3, -0.25) is 0 Å². The van der Waals surface area contributed by atoms with Gasteiger partial charge in [0.1, 0.15) is 6.61 Å². The zero-order chi connectivity index (χ0) is 31.6. The molecule has 5 aromatic carbocycles. The summed E-state index contributed by atoms with van der Waals surface area (Å²) in [4.78, 5) is 6.26. The van der Waals surface area contributed by atoms with Crippen molar-refractivity contribution in [3.63, 3.8) is 0 Å². The molecule has 46 heavy (non-hydrogen) atoms. The minimum absolute atomic E-state index is 0.116. The predicted molar refractivity (Wildman–Crippen MR) is 189 cm³/mol. The van der Waals surface area contributed by atoms with Crippen molar-refractivity contribution >= 4 is 52.1 Å². The normalized spacial score (nSPS) is 24.9. The summed E-state index contributed by atoms with van der Waals surface area (Å²) in [6.07, 6.45) is 0. The molecule has 8 heteroatoms. The highest BCUT2D eigenvalue weighted by molar-refractivity contribution is 6.31. The van der Waals surface area contributed by atoms with Crippen molar-refractivity contribution in [3.8, 4) is 0 Å². The average molecular weight is 687 g/mol. The molecule has 0 spiro atoms. The third-order valence-corrected chi connectivity index (χ3v) is 10.0. The summed E-state index contributed by atoms with van der Waals surface area (Å²) in [6, 6.07) is 41.8. The SMILES string of the molecule is Clc1ccc([C@H]2N[C@@H](c3ccc(Cl)cc3)C3C(=NOCc4ccccc4)C2[C@@H](c2ccc(Cl)cc2)N[C@H]3c2ccc(Cl)cc2)cc1. The van der Waals surface area contributed by atoms with E-state index < -0.39 is 0 Å². The molecule has 4 atom stereocenters. The minimum Gasteiger partial charge on any atom is -0.391 e. The fourth-order valence-electron chi connectivity index (χ4n) is 6.86. The van der Waals surface area contributed by atoms with E-state index in [0.717, 1.165) is 33.5 Å². The lowest BCUT2D eigenvalue weighted by Crippen LogP contribution is -2.60. The molecule has 2 aliphatic heterocycles. The number of benzene rings is 5. The molecule has 4 nitrogen and oxygen atoms in total. The van der Waals surface area contributed by atoms with Crippen molar-refractivity contribution in [1.82, 2.24) is 10.6 Å². The van der Waals surface area contributed by atoms with E-state index in [-0.39, 0.29) is 36.0 Å². The Hall–Kier alpha value is -3.35. The Morgan fingerprint density at radius 1 is 0.457 bits per heavy atom. The third kappa shape index (κ3) is 6.57. The van der Waals surface area contributed by atoms with Crippen molar-refractivity contribution in [2.24, 2.45) is 17.0 Å². The highest BCUT2D eigenvalue weighted by Gasteiger charge is 2.54. The van der Waals surface area contributed by atoms with Gasteiger partial charge >= 0.3 is 0 Å². The molecular weight excluding hydrogens is 656 g/mol. The number of hydrogen-bond acceptors (Lipinski definition) is 4. The Bertz CT molecular complexity index is 1580. The number of piperidine rings is 2. The lowest BCUT2D eigenvalue weighted by molar-refractivity contribution is 0.105. The van der Waals surface area contributed by atoms with Crippen LogP contribution in [-0.2, 0) is 11.4 Å². The Labute approximate surface area is 289 Å². The maximum absolute atomic E-state index is 6.38. The smallest absolute Gasteiger partial charge is 0.142 e. The van der Waals surface area contributed by atoms with Crippen LogP contribution in [0.4, 0.5) is 0 Å². The van der Waals surface area contributed by atoms with Gasteiger partial charge in [0, 0.05) is 56.1 Å². The van der Waals surface area contributed by atoms with Gasteiger partial charge in [-0.1, -0.05) is 130 Å². The van der Waals surface area contributed by atoms with E-state index >= 15 is 0 Å². The van der Waals surface area contributed by atoms with E-state index in [1.165, 1.54) is 0 Å². The fraction of sp³-hybridized carbons (Fsp3) is 0.184. The fourth-order valence-corrected chi connectivity index (χ4v) is 7.37. The number of nitrogens with zero attached hydrogens (tertiary/aromatic N) is 1. The van der Waals surface area contributed by atoms with Crippen LogP contribution in [0.2, 0.25) is 20.1 Å². The Morgan fingerprint density at radius 2 is 0.783 bits per heavy atom. The van der Waals surface area contributed by atoms with Gasteiger partial charge < -0.3 is 15.5 Å². The molecule has 2 saturated heterocycles. The maximum atomic E-state index is 6.38. The molecule has 2 N–H and O–H groups in total. The molecule has 2 fully saturated rings. The standard InChI is InChI=1S/C38H31Cl4N3O/c39-28-14-6-24(7-15-28)34-32-35(25-8-16-29(40)17-9-25)44-37(27-12-20-31(42)21-13-27)33(36(43-34)26-10-18-30(41)19-11-26)38(32)45-46-22-23-4-2-1-3-5-23/h1-21,32-37,43-44H,22H2/t32?,33?,34-,35-,36+,37+. The van der Waals surface area contributed by atoms with Crippen LogP contribution in [-0.4, -0.2) is 5.71 Å². The first-order valence-electron chi connectivity index (χ1n) is 15.2. The second-order valence-electron chi connectivity index (χ2n) is 11.8. The van der Waals surface area contributed by atoms with Crippen LogP contribution in [0, 0.1) is 11.8 Å². The first kappa shape index (κ1) is 31.3. The lowest BCUT2D eigenvalue weighted by atomic mass is 9.63. The molecule has 2 bridgehead atoms. The van der Waals surface area contributed by atoms with E-state index in [9.17, 15) is 0 Å². The summed E-state index contributed by atoms with van der Waals surface area (Å²) >= 11 is 25.5. The summed E-state index contributed by atoms with van der Waals surface area (Å²) in [5.41, 5.74) is 6.45. The molecule has 0 unspecified atom stereocenters. The highest BCUT2D eigenvalue weighted by Crippen LogP contribution is 2.53. The summed E-state index contributed by atoms with van der Waals surface area (Å²) in [7, 11) is 0. The third-order valence-electron chi connectivity index (χ3n) is 9.00. The lowest BCUT2D eigenvalue weighted by Gasteiger charge is -2.54. The molecule has 0 radical (unpaired) electrons. The Balaban J connectivity index is 1.42. The van der Waals surface area contributed by atoms with Crippen LogP contribution in [0.5, 0.6) is 0 Å². The number of halogens is 4. The highest BCUT2D eigenvalue weighted by atomic mass is 35.5. The van der Waals surface area contributed by atoms with Crippen molar-refractivity contribution in [1.29, 1.82) is 0 Å². The summed E-state index contributed by atoms with van der Waals surface area (Å²) < 4.78 is 0. The maximum Gasteiger partial charge on any atom is 0.142 e. The van der Waals surface area contributed by atoms with E-state index in [4.69, 9.17) is 56.4 Å². The van der Waals surface area contributed by atoms with Gasteiger partial charge in [-0.15, -0.1) is 0 Å². The zero-order valence-corrected chi connectivity index (χ0v) is 27.7. The molecular formula is C38H31Cl4N3O. The quantitative estimate of drug-likeness (QED) is 0.168. The summed E-state index contributed by atoms with van der Waals surface area (Å²) in [6.45, 7) is 0.360. The van der Waals surface area contributed by atoms with Gasteiger partial charge in [0.25, 0.3) is 0 Å². The van der Waals surface area contributed by atoms with Crippen LogP contribution in [0.1, 0.15) is 52.0 Å². The Kier molecular flexibility index (Phi) is 9.37. The minimum atomic E-state index is -0.132. The average Bonchev–Trinajstić information content (AvgIpc) is 3.07. The van der Waals surface area contributed by atoms with Gasteiger partial charge in [0.2, 0.25) is 0 Å². The number of hydrogen-bond donors (Lipinski definition) is 2. The van der Waals surface area contributed by atoms with E-state index in [1.54, 1.807) is 0 Å². The number of nitrogens with one attached hydrogen (secondary N) is 2. The van der Waals surface area contributed by atoms with Crippen molar-refractivity contribution in [2.75, 3.05) is 0 Å². The molecule has 0 amide bonds. The topological polar surface area (TPSA) is 45.7 Å². The first-order chi connectivity index (χ1) is 22.4. The molecule has 0 aromatic heterocycles. The summed E-state index contributed by atoms with van der Waals surface area (Å²) in [5.74, 6) is -0.231. The molecule has 232 valence electrons. The molecule has 2 aliphatic rings. The molecule has 5 aromatic rings. The number of rotatable bonds is 7. The van der Waals surface area contributed by atoms with Crippen LogP contribution >= 0.6 is 46.4 Å². The summed E-state index contributed by atoms with van der Waals surface area (Å²) in [5, 5.41) is 16.0. The monoisotopic (exact) mass is 685 g/mol. The molecule has 2 heterocycles.